The Kier molecular flexibility index (Phi) is 3.20. The first-order valence-electron chi connectivity index (χ1n) is 8.19. The highest BCUT2D eigenvalue weighted by Gasteiger charge is 2.45. The van der Waals surface area contributed by atoms with Crippen LogP contribution >= 0.6 is 0 Å². The summed E-state index contributed by atoms with van der Waals surface area (Å²) in [6.45, 7) is 2.10. The van der Waals surface area contributed by atoms with Crippen LogP contribution in [0.2, 0.25) is 0 Å². The van der Waals surface area contributed by atoms with Gasteiger partial charge in [0.15, 0.2) is 0 Å². The van der Waals surface area contributed by atoms with Crippen LogP contribution in [0.15, 0.2) is 12.4 Å². The number of aryl methyl sites for hydroxylation is 1. The number of carbonyl (C=O) groups is 2. The molecule has 0 spiro atoms. The van der Waals surface area contributed by atoms with Crippen LogP contribution in [0.1, 0.15) is 25.7 Å². The van der Waals surface area contributed by atoms with Crippen molar-refractivity contribution in [3.63, 3.8) is 0 Å². The first kappa shape index (κ1) is 13.8. The highest BCUT2D eigenvalue weighted by Crippen LogP contribution is 2.37. The van der Waals surface area contributed by atoms with Crippen LogP contribution in [-0.2, 0) is 16.6 Å². The number of anilines is 1. The van der Waals surface area contributed by atoms with E-state index in [-0.39, 0.29) is 17.7 Å². The number of rotatable bonds is 3. The number of fused-ring (bicyclic) bond motifs is 1. The molecule has 0 N–H and O–H groups in total. The highest BCUT2D eigenvalue weighted by atomic mass is 16.2. The Labute approximate surface area is 130 Å². The van der Waals surface area contributed by atoms with Gasteiger partial charge in [-0.1, -0.05) is 0 Å². The van der Waals surface area contributed by atoms with Crippen LogP contribution in [-0.4, -0.2) is 46.1 Å². The number of amides is 2. The average Bonchev–Trinajstić information content (AvgIpc) is 3.02. The summed E-state index contributed by atoms with van der Waals surface area (Å²) in [7, 11) is 1.86. The van der Waals surface area contributed by atoms with Gasteiger partial charge in [0.2, 0.25) is 11.8 Å². The number of nitrogens with zero attached hydrogens (tertiary/aromatic N) is 4. The average molecular weight is 302 g/mol. The van der Waals surface area contributed by atoms with E-state index in [1.165, 1.54) is 12.8 Å². The molecule has 1 aromatic rings. The number of hydrogen-bond acceptors (Lipinski definition) is 3. The van der Waals surface area contributed by atoms with Crippen LogP contribution in [0.4, 0.5) is 5.69 Å². The van der Waals surface area contributed by atoms with Crippen molar-refractivity contribution in [2.75, 3.05) is 24.5 Å². The lowest BCUT2D eigenvalue weighted by molar-refractivity contribution is -0.130. The van der Waals surface area contributed by atoms with Crippen LogP contribution < -0.4 is 4.90 Å². The smallest absolute Gasteiger partial charge is 0.232 e. The molecule has 1 aromatic heterocycles. The van der Waals surface area contributed by atoms with Gasteiger partial charge in [0.25, 0.3) is 0 Å². The Morgan fingerprint density at radius 2 is 2.14 bits per heavy atom. The van der Waals surface area contributed by atoms with Gasteiger partial charge in [0, 0.05) is 39.3 Å². The molecule has 1 saturated carbocycles. The van der Waals surface area contributed by atoms with Crippen molar-refractivity contribution >= 4 is 17.5 Å². The summed E-state index contributed by atoms with van der Waals surface area (Å²) < 4.78 is 1.72. The first-order valence-corrected chi connectivity index (χ1v) is 8.19. The molecule has 3 fully saturated rings. The fraction of sp³-hybridized carbons (Fsp3) is 0.688. The second-order valence-electron chi connectivity index (χ2n) is 6.96. The van der Waals surface area contributed by atoms with Crippen molar-refractivity contribution in [3.8, 4) is 0 Å². The number of likely N-dealkylation sites (tertiary alicyclic amines) is 1. The second-order valence-corrected chi connectivity index (χ2v) is 6.96. The van der Waals surface area contributed by atoms with Crippen molar-refractivity contribution in [2.45, 2.75) is 25.7 Å². The molecule has 0 aromatic carbocycles. The van der Waals surface area contributed by atoms with Gasteiger partial charge in [0.05, 0.1) is 17.8 Å². The van der Waals surface area contributed by atoms with Crippen molar-refractivity contribution < 1.29 is 9.59 Å². The topological polar surface area (TPSA) is 58.4 Å². The number of aromatic nitrogens is 2. The normalized spacial score (nSPS) is 28.1. The minimum atomic E-state index is -0.0305. The Bertz CT molecular complexity index is 607. The lowest BCUT2D eigenvalue weighted by atomic mass is 9.88. The fourth-order valence-corrected chi connectivity index (χ4v) is 3.75. The van der Waals surface area contributed by atoms with E-state index in [2.05, 4.69) is 5.10 Å². The van der Waals surface area contributed by atoms with Gasteiger partial charge in [-0.25, -0.2) is 0 Å². The number of carbonyl (C=O) groups excluding carboxylic acids is 2. The van der Waals surface area contributed by atoms with E-state index in [0.29, 0.717) is 24.8 Å². The van der Waals surface area contributed by atoms with E-state index in [0.717, 1.165) is 25.2 Å². The second kappa shape index (κ2) is 5.11. The van der Waals surface area contributed by atoms with Gasteiger partial charge in [-0.05, 0) is 31.1 Å². The lowest BCUT2D eigenvalue weighted by Crippen LogP contribution is -2.45. The van der Waals surface area contributed by atoms with Crippen molar-refractivity contribution in [1.82, 2.24) is 14.7 Å². The molecule has 2 unspecified atom stereocenters. The summed E-state index contributed by atoms with van der Waals surface area (Å²) in [6, 6.07) is 0. The molecule has 4 rings (SSSR count). The largest absolute Gasteiger partial charge is 0.342 e. The van der Waals surface area contributed by atoms with E-state index in [1.54, 1.807) is 10.9 Å². The van der Waals surface area contributed by atoms with Crippen LogP contribution in [0.5, 0.6) is 0 Å². The molecule has 6 nitrogen and oxygen atoms in total. The van der Waals surface area contributed by atoms with E-state index in [1.807, 2.05) is 23.0 Å². The first-order chi connectivity index (χ1) is 10.6. The standard InChI is InChI=1S/C16H22N4O2/c1-18-9-13(7-17-18)20-5-4-12-8-19(10-14(12)16(20)22)15(21)6-11-2-3-11/h7,9,11-12,14H,2-6,8,10H2,1H3. The maximum atomic E-state index is 12.8. The lowest BCUT2D eigenvalue weighted by Gasteiger charge is -2.32. The molecule has 2 amide bonds. The molecule has 1 aliphatic carbocycles. The Hall–Kier alpha value is -1.85. The van der Waals surface area contributed by atoms with Gasteiger partial charge in [0.1, 0.15) is 0 Å². The predicted molar refractivity (Wildman–Crippen MR) is 81.1 cm³/mol. The minimum Gasteiger partial charge on any atom is -0.342 e. The predicted octanol–water partition coefficient (Wildman–Crippen LogP) is 1.03. The molecular formula is C16H22N4O2. The quantitative estimate of drug-likeness (QED) is 0.838. The van der Waals surface area contributed by atoms with E-state index in [4.69, 9.17) is 0 Å². The molecule has 3 aliphatic rings. The molecule has 22 heavy (non-hydrogen) atoms. The van der Waals surface area contributed by atoms with Gasteiger partial charge < -0.3 is 9.80 Å². The van der Waals surface area contributed by atoms with Gasteiger partial charge in [-0.15, -0.1) is 0 Å². The van der Waals surface area contributed by atoms with Gasteiger partial charge >= 0.3 is 0 Å². The van der Waals surface area contributed by atoms with E-state index < -0.39 is 0 Å². The summed E-state index contributed by atoms with van der Waals surface area (Å²) in [4.78, 5) is 28.8. The maximum absolute atomic E-state index is 12.8. The highest BCUT2D eigenvalue weighted by molar-refractivity contribution is 5.96. The van der Waals surface area contributed by atoms with E-state index in [9.17, 15) is 9.59 Å². The molecule has 2 saturated heterocycles. The zero-order chi connectivity index (χ0) is 15.3. The van der Waals surface area contributed by atoms with Crippen LogP contribution in [0, 0.1) is 17.8 Å². The Morgan fingerprint density at radius 1 is 1.32 bits per heavy atom. The third-order valence-corrected chi connectivity index (χ3v) is 5.26. The summed E-state index contributed by atoms with van der Waals surface area (Å²) in [6.07, 6.45) is 7.66. The third-order valence-electron chi connectivity index (χ3n) is 5.26. The minimum absolute atomic E-state index is 0.0305. The number of hydrogen-bond donors (Lipinski definition) is 0. The fourth-order valence-electron chi connectivity index (χ4n) is 3.75. The maximum Gasteiger partial charge on any atom is 0.232 e. The molecule has 6 heteroatoms. The van der Waals surface area contributed by atoms with Gasteiger partial charge in [-0.3, -0.25) is 14.3 Å². The zero-order valence-electron chi connectivity index (χ0n) is 12.9. The van der Waals surface area contributed by atoms with Crippen molar-refractivity contribution in [1.29, 1.82) is 0 Å². The zero-order valence-corrected chi connectivity index (χ0v) is 12.9. The van der Waals surface area contributed by atoms with Crippen molar-refractivity contribution in [3.05, 3.63) is 12.4 Å². The van der Waals surface area contributed by atoms with Gasteiger partial charge in [-0.2, -0.15) is 5.10 Å². The summed E-state index contributed by atoms with van der Waals surface area (Å²) in [5.41, 5.74) is 0.869. The number of piperidine rings is 1. The summed E-state index contributed by atoms with van der Waals surface area (Å²) >= 11 is 0. The Morgan fingerprint density at radius 3 is 2.82 bits per heavy atom. The van der Waals surface area contributed by atoms with Crippen LogP contribution in [0.3, 0.4) is 0 Å². The third kappa shape index (κ3) is 2.40. The Balaban J connectivity index is 1.45. The molecule has 0 radical (unpaired) electrons. The molecule has 0 bridgehead atoms. The van der Waals surface area contributed by atoms with E-state index >= 15 is 0 Å². The molecule has 3 heterocycles. The molecule has 2 aliphatic heterocycles. The SMILES string of the molecule is Cn1cc(N2CCC3CN(C(=O)CC4CC4)CC3C2=O)cn1. The monoisotopic (exact) mass is 302 g/mol. The summed E-state index contributed by atoms with van der Waals surface area (Å²) in [5, 5.41) is 4.15. The van der Waals surface area contributed by atoms with Crippen molar-refractivity contribution in [2.24, 2.45) is 24.8 Å². The molecule has 2 atom stereocenters. The summed E-state index contributed by atoms with van der Waals surface area (Å²) in [5.74, 6) is 1.32. The molecule has 118 valence electrons. The van der Waals surface area contributed by atoms with Crippen LogP contribution in [0.25, 0.3) is 0 Å². The molecular weight excluding hydrogens is 280 g/mol.